The van der Waals surface area contributed by atoms with Crippen molar-refractivity contribution in [3.63, 3.8) is 0 Å². The van der Waals surface area contributed by atoms with Gasteiger partial charge in [-0.1, -0.05) is 77.6 Å². The van der Waals surface area contributed by atoms with E-state index in [1.807, 2.05) is 0 Å². The molecule has 0 aliphatic carbocycles. The number of carbonyl (C=O) groups is 2. The molecule has 0 saturated heterocycles. The Morgan fingerprint density at radius 3 is 1.79 bits per heavy atom. The third-order valence-corrected chi connectivity index (χ3v) is 4.24. The number of unbranched alkanes of at least 4 members (excludes halogenated alkanes) is 11. The van der Waals surface area contributed by atoms with Gasteiger partial charge in [0.15, 0.2) is 0 Å². The van der Waals surface area contributed by atoms with Gasteiger partial charge in [0.05, 0.1) is 6.61 Å². The highest BCUT2D eigenvalue weighted by atomic mass is 16.5. The van der Waals surface area contributed by atoms with Crippen LogP contribution < -0.4 is 5.73 Å². The third-order valence-electron chi connectivity index (χ3n) is 4.24. The molecule has 0 amide bonds. The fourth-order valence-corrected chi connectivity index (χ4v) is 2.60. The number of hydrogen-bond acceptors (Lipinski definition) is 4. The van der Waals surface area contributed by atoms with Gasteiger partial charge in [-0.2, -0.15) is 0 Å². The molecule has 5 heteroatoms. The number of ether oxygens (including phenoxy) is 1. The summed E-state index contributed by atoms with van der Waals surface area (Å²) in [5.41, 5.74) is 5.33. The molecule has 0 fully saturated rings. The average Bonchev–Trinajstić information content (AvgIpc) is 2.56. The first-order valence-corrected chi connectivity index (χ1v) is 9.72. The summed E-state index contributed by atoms with van der Waals surface area (Å²) in [7, 11) is 0. The van der Waals surface area contributed by atoms with Crippen LogP contribution in [0, 0.1) is 0 Å². The largest absolute Gasteiger partial charge is 0.480 e. The molecule has 0 spiro atoms. The van der Waals surface area contributed by atoms with Crippen molar-refractivity contribution < 1.29 is 19.4 Å². The van der Waals surface area contributed by atoms with Crippen molar-refractivity contribution in [2.75, 3.05) is 6.61 Å². The van der Waals surface area contributed by atoms with E-state index in [4.69, 9.17) is 15.6 Å². The molecule has 0 radical (unpaired) electrons. The molecule has 3 N–H and O–H groups in total. The molecular formula is C19H37NO4. The van der Waals surface area contributed by atoms with Gasteiger partial charge in [0.25, 0.3) is 0 Å². The first-order valence-electron chi connectivity index (χ1n) is 9.72. The number of rotatable bonds is 17. The topological polar surface area (TPSA) is 89.6 Å². The van der Waals surface area contributed by atoms with E-state index < -0.39 is 12.0 Å². The first kappa shape index (κ1) is 22.9. The zero-order valence-electron chi connectivity index (χ0n) is 15.4. The van der Waals surface area contributed by atoms with Crippen LogP contribution in [0.1, 0.15) is 96.8 Å². The number of aliphatic carboxylic acids is 1. The second kappa shape index (κ2) is 16.7. The van der Waals surface area contributed by atoms with Crippen LogP contribution in [0.3, 0.4) is 0 Å². The summed E-state index contributed by atoms with van der Waals surface area (Å²) in [5.74, 6) is -1.43. The number of nitrogens with two attached hydrogens (primary N) is 1. The number of carboxylic acid groups (broad SMARTS) is 1. The van der Waals surface area contributed by atoms with E-state index in [0.717, 1.165) is 12.8 Å². The summed E-state index contributed by atoms with van der Waals surface area (Å²) in [6, 6.07) is -0.982. The zero-order valence-corrected chi connectivity index (χ0v) is 15.4. The van der Waals surface area contributed by atoms with Gasteiger partial charge in [-0.05, 0) is 12.8 Å². The molecular weight excluding hydrogens is 306 g/mol. The van der Waals surface area contributed by atoms with E-state index in [2.05, 4.69) is 6.92 Å². The quantitative estimate of drug-likeness (QED) is 0.301. The predicted molar refractivity (Wildman–Crippen MR) is 96.9 cm³/mol. The lowest BCUT2D eigenvalue weighted by Crippen LogP contribution is -2.30. The molecule has 0 rings (SSSR count). The van der Waals surface area contributed by atoms with Gasteiger partial charge in [-0.15, -0.1) is 0 Å². The lowest BCUT2D eigenvalue weighted by atomic mass is 10.1. The van der Waals surface area contributed by atoms with Crippen molar-refractivity contribution in [2.24, 2.45) is 5.73 Å². The van der Waals surface area contributed by atoms with Crippen LogP contribution in [0.15, 0.2) is 0 Å². The van der Waals surface area contributed by atoms with Crippen LogP contribution in [0.2, 0.25) is 0 Å². The zero-order chi connectivity index (χ0) is 18.0. The number of carboxylic acids is 1. The molecule has 24 heavy (non-hydrogen) atoms. The summed E-state index contributed by atoms with van der Waals surface area (Å²) in [5, 5.41) is 8.62. The van der Waals surface area contributed by atoms with Crippen molar-refractivity contribution >= 4 is 11.9 Å². The highest BCUT2D eigenvalue weighted by Crippen LogP contribution is 2.12. The third kappa shape index (κ3) is 15.8. The fraction of sp³-hybridized carbons (Fsp3) is 0.895. The van der Waals surface area contributed by atoms with Gasteiger partial charge in [-0.3, -0.25) is 9.59 Å². The maximum atomic E-state index is 11.4. The fourth-order valence-electron chi connectivity index (χ4n) is 2.60. The summed E-state index contributed by atoms with van der Waals surface area (Å²) >= 11 is 0. The predicted octanol–water partition coefficient (Wildman–Crippen LogP) is 4.42. The molecule has 1 atom stereocenters. The molecule has 5 nitrogen and oxygen atoms in total. The van der Waals surface area contributed by atoms with Gasteiger partial charge in [0.2, 0.25) is 0 Å². The van der Waals surface area contributed by atoms with Gasteiger partial charge in [-0.25, -0.2) is 0 Å². The van der Waals surface area contributed by atoms with E-state index in [1.165, 1.54) is 64.2 Å². The highest BCUT2D eigenvalue weighted by molar-refractivity contribution is 5.75. The van der Waals surface area contributed by atoms with E-state index in [9.17, 15) is 9.59 Å². The van der Waals surface area contributed by atoms with Gasteiger partial charge < -0.3 is 15.6 Å². The summed E-state index contributed by atoms with van der Waals surface area (Å²) in [6.07, 6.45) is 15.5. The van der Waals surface area contributed by atoms with Crippen molar-refractivity contribution in [2.45, 2.75) is 103 Å². The SMILES string of the molecule is CCCCCCCCCCCCCCOC(=O)CC[C@H](N)C(=O)O. The van der Waals surface area contributed by atoms with Crippen LogP contribution in [0.4, 0.5) is 0 Å². The Bertz CT molecular complexity index is 320. The van der Waals surface area contributed by atoms with Crippen molar-refractivity contribution in [1.82, 2.24) is 0 Å². The first-order chi connectivity index (χ1) is 11.6. The van der Waals surface area contributed by atoms with Crippen molar-refractivity contribution in [1.29, 1.82) is 0 Å². The minimum Gasteiger partial charge on any atom is -0.480 e. The average molecular weight is 344 g/mol. The Morgan fingerprint density at radius 1 is 0.875 bits per heavy atom. The van der Waals surface area contributed by atoms with E-state index in [1.54, 1.807) is 0 Å². The van der Waals surface area contributed by atoms with Crippen molar-refractivity contribution in [3.05, 3.63) is 0 Å². The molecule has 0 aliphatic heterocycles. The molecule has 0 aromatic heterocycles. The lowest BCUT2D eigenvalue weighted by Gasteiger charge is -2.07. The molecule has 0 bridgehead atoms. The highest BCUT2D eigenvalue weighted by Gasteiger charge is 2.13. The number of esters is 1. The van der Waals surface area contributed by atoms with Crippen LogP contribution in [0.5, 0.6) is 0 Å². The molecule has 0 saturated carbocycles. The normalized spacial score (nSPS) is 12.1. The molecule has 0 heterocycles. The molecule has 142 valence electrons. The molecule has 0 unspecified atom stereocenters. The van der Waals surface area contributed by atoms with E-state index in [-0.39, 0.29) is 18.8 Å². The monoisotopic (exact) mass is 343 g/mol. The number of hydrogen-bond donors (Lipinski definition) is 2. The summed E-state index contributed by atoms with van der Waals surface area (Å²) < 4.78 is 5.08. The second-order valence-corrected chi connectivity index (χ2v) is 6.59. The minimum atomic E-state index is -1.08. The number of carbonyl (C=O) groups excluding carboxylic acids is 1. The Balaban J connectivity index is 3.22. The van der Waals surface area contributed by atoms with Gasteiger partial charge >= 0.3 is 11.9 Å². The van der Waals surface area contributed by atoms with Gasteiger partial charge in [0.1, 0.15) is 6.04 Å². The molecule has 0 aromatic rings. The maximum Gasteiger partial charge on any atom is 0.320 e. The smallest absolute Gasteiger partial charge is 0.320 e. The van der Waals surface area contributed by atoms with Crippen LogP contribution >= 0.6 is 0 Å². The Hall–Kier alpha value is -1.10. The van der Waals surface area contributed by atoms with Crippen LogP contribution in [0.25, 0.3) is 0 Å². The summed E-state index contributed by atoms with van der Waals surface area (Å²) in [4.78, 5) is 21.9. The van der Waals surface area contributed by atoms with E-state index in [0.29, 0.717) is 6.61 Å². The Labute approximate surface area is 147 Å². The summed E-state index contributed by atoms with van der Waals surface area (Å²) in [6.45, 7) is 2.68. The Morgan fingerprint density at radius 2 is 1.33 bits per heavy atom. The van der Waals surface area contributed by atoms with Crippen LogP contribution in [-0.4, -0.2) is 29.7 Å². The van der Waals surface area contributed by atoms with Crippen LogP contribution in [-0.2, 0) is 14.3 Å². The van der Waals surface area contributed by atoms with Gasteiger partial charge in [0, 0.05) is 6.42 Å². The standard InChI is InChI=1S/C19H37NO4/c1-2-3-4-5-6-7-8-9-10-11-12-13-16-24-18(21)15-14-17(20)19(22)23/h17H,2-16,20H2,1H3,(H,22,23)/t17-/m0/s1. The molecule has 0 aromatic carbocycles. The lowest BCUT2D eigenvalue weighted by molar-refractivity contribution is -0.144. The van der Waals surface area contributed by atoms with Crippen molar-refractivity contribution in [3.8, 4) is 0 Å². The second-order valence-electron chi connectivity index (χ2n) is 6.59. The molecule has 0 aliphatic rings. The Kier molecular flexibility index (Phi) is 16.0. The van der Waals surface area contributed by atoms with E-state index >= 15 is 0 Å². The maximum absolute atomic E-state index is 11.4. The minimum absolute atomic E-state index is 0.0751.